The smallest absolute Gasteiger partial charge is 0.192 e. The first-order valence-electron chi connectivity index (χ1n) is 10.4. The molecule has 0 bridgehead atoms. The van der Waals surface area contributed by atoms with Crippen molar-refractivity contribution in [3.63, 3.8) is 0 Å². The molecule has 2 heterocycles. The van der Waals surface area contributed by atoms with Crippen LogP contribution in [0.1, 0.15) is 38.3 Å². The summed E-state index contributed by atoms with van der Waals surface area (Å²) < 4.78 is 7.52. The van der Waals surface area contributed by atoms with E-state index in [0.29, 0.717) is 25.0 Å². The number of nitrogens with one attached hydrogen (secondary N) is 2. The van der Waals surface area contributed by atoms with Crippen LogP contribution < -0.4 is 10.6 Å². The third kappa shape index (κ3) is 7.86. The number of hydrogen-bond acceptors (Lipinski definition) is 5. The first-order valence-corrected chi connectivity index (χ1v) is 10.4. The molecule has 1 aromatic rings. The van der Waals surface area contributed by atoms with Crippen LogP contribution in [0.3, 0.4) is 0 Å². The van der Waals surface area contributed by atoms with E-state index in [-0.39, 0.29) is 24.0 Å². The molecule has 1 unspecified atom stereocenters. The standard InChI is InChI=1S/C20H37N7O.HI/c1-6-9-21-20(23-15-19-25-24-16(4)26(19)5)22-14-18(17(7-2)8-3)27-10-12-28-13-11-27;/h6,17-18H,1,7-15H2,2-5H3,(H2,21,22,23);1H. The Morgan fingerprint density at radius 2 is 1.93 bits per heavy atom. The van der Waals surface area contributed by atoms with E-state index in [1.165, 1.54) is 12.8 Å². The minimum Gasteiger partial charge on any atom is -0.379 e. The number of aromatic nitrogens is 3. The molecule has 2 N–H and O–H groups in total. The third-order valence-electron chi connectivity index (χ3n) is 5.56. The van der Waals surface area contributed by atoms with Crippen LogP contribution in [0.15, 0.2) is 17.6 Å². The zero-order chi connectivity index (χ0) is 20.4. The summed E-state index contributed by atoms with van der Waals surface area (Å²) in [5, 5.41) is 15.2. The molecule has 0 spiro atoms. The second-order valence-corrected chi connectivity index (χ2v) is 7.23. The van der Waals surface area contributed by atoms with Gasteiger partial charge in [0.15, 0.2) is 11.8 Å². The van der Waals surface area contributed by atoms with E-state index in [9.17, 15) is 0 Å². The van der Waals surface area contributed by atoms with Crippen molar-refractivity contribution >= 4 is 29.9 Å². The molecule has 1 saturated heterocycles. The van der Waals surface area contributed by atoms with Gasteiger partial charge in [0.25, 0.3) is 0 Å². The highest BCUT2D eigenvalue weighted by Crippen LogP contribution is 2.19. The van der Waals surface area contributed by atoms with Crippen molar-refractivity contribution in [3.8, 4) is 0 Å². The lowest BCUT2D eigenvalue weighted by Gasteiger charge is -2.39. The lowest BCUT2D eigenvalue weighted by atomic mass is 9.92. The highest BCUT2D eigenvalue weighted by Gasteiger charge is 2.27. The number of ether oxygens (including phenoxy) is 1. The van der Waals surface area contributed by atoms with Crippen molar-refractivity contribution in [2.45, 2.75) is 46.2 Å². The molecule has 9 heteroatoms. The Kier molecular flexibility index (Phi) is 12.4. The maximum absolute atomic E-state index is 5.55. The molecule has 1 aliphatic heterocycles. The van der Waals surface area contributed by atoms with Gasteiger partial charge in [-0.1, -0.05) is 32.8 Å². The monoisotopic (exact) mass is 519 g/mol. The second-order valence-electron chi connectivity index (χ2n) is 7.23. The summed E-state index contributed by atoms with van der Waals surface area (Å²) in [5.41, 5.74) is 0. The van der Waals surface area contributed by atoms with Gasteiger partial charge >= 0.3 is 0 Å². The van der Waals surface area contributed by atoms with Gasteiger partial charge < -0.3 is 19.9 Å². The average Bonchev–Trinajstić information content (AvgIpc) is 3.05. The van der Waals surface area contributed by atoms with Gasteiger partial charge in [0.1, 0.15) is 12.4 Å². The van der Waals surface area contributed by atoms with Crippen LogP contribution in [0.25, 0.3) is 0 Å². The molecule has 1 aliphatic rings. The molecule has 0 aromatic carbocycles. The van der Waals surface area contributed by atoms with E-state index in [1.807, 2.05) is 24.6 Å². The van der Waals surface area contributed by atoms with Gasteiger partial charge in [0, 0.05) is 39.3 Å². The van der Waals surface area contributed by atoms with Crippen molar-refractivity contribution in [2.24, 2.45) is 18.0 Å². The van der Waals surface area contributed by atoms with Crippen LogP contribution in [0.4, 0.5) is 0 Å². The van der Waals surface area contributed by atoms with E-state index in [4.69, 9.17) is 9.73 Å². The van der Waals surface area contributed by atoms with Crippen molar-refractivity contribution < 1.29 is 4.74 Å². The van der Waals surface area contributed by atoms with Crippen LogP contribution in [0.2, 0.25) is 0 Å². The van der Waals surface area contributed by atoms with Crippen LogP contribution in [-0.4, -0.2) is 71.1 Å². The Morgan fingerprint density at radius 3 is 2.48 bits per heavy atom. The van der Waals surface area contributed by atoms with Gasteiger partial charge in [-0.15, -0.1) is 40.8 Å². The molecule has 2 rings (SSSR count). The van der Waals surface area contributed by atoms with E-state index in [1.54, 1.807) is 0 Å². The van der Waals surface area contributed by atoms with E-state index < -0.39 is 0 Å². The van der Waals surface area contributed by atoms with Gasteiger partial charge in [-0.05, 0) is 12.8 Å². The van der Waals surface area contributed by atoms with E-state index >= 15 is 0 Å². The topological polar surface area (TPSA) is 79.6 Å². The lowest BCUT2D eigenvalue weighted by Crippen LogP contribution is -2.53. The normalized spacial score (nSPS) is 16.4. The van der Waals surface area contributed by atoms with Crippen LogP contribution >= 0.6 is 24.0 Å². The quantitative estimate of drug-likeness (QED) is 0.213. The zero-order valence-corrected chi connectivity index (χ0v) is 20.7. The molecule has 29 heavy (non-hydrogen) atoms. The molecule has 0 amide bonds. The molecule has 166 valence electrons. The molecule has 1 fully saturated rings. The molecule has 1 aromatic heterocycles. The Morgan fingerprint density at radius 1 is 1.24 bits per heavy atom. The maximum atomic E-state index is 5.55. The van der Waals surface area contributed by atoms with Gasteiger partial charge in [-0.25, -0.2) is 4.99 Å². The molecular formula is C20H38IN7O. The molecular weight excluding hydrogens is 481 g/mol. The summed E-state index contributed by atoms with van der Waals surface area (Å²) in [7, 11) is 1.96. The Labute approximate surface area is 192 Å². The maximum Gasteiger partial charge on any atom is 0.192 e. The molecule has 8 nitrogen and oxygen atoms in total. The first-order chi connectivity index (χ1) is 13.6. The van der Waals surface area contributed by atoms with Gasteiger partial charge in [-0.3, -0.25) is 4.90 Å². The van der Waals surface area contributed by atoms with E-state index in [2.05, 4.69) is 46.2 Å². The SMILES string of the molecule is C=CCNC(=NCc1nnc(C)n1C)NCC(C(CC)CC)N1CCOCC1.I. The summed E-state index contributed by atoms with van der Waals surface area (Å²) >= 11 is 0. The molecule has 0 radical (unpaired) electrons. The molecule has 0 aliphatic carbocycles. The fraction of sp³-hybridized carbons (Fsp3) is 0.750. The number of morpholine rings is 1. The number of guanidine groups is 1. The summed E-state index contributed by atoms with van der Waals surface area (Å²) in [5.74, 6) is 3.17. The van der Waals surface area contributed by atoms with Crippen LogP contribution in [0.5, 0.6) is 0 Å². The summed E-state index contributed by atoms with van der Waals surface area (Å²) in [6.07, 6.45) is 4.18. The first kappa shape index (κ1) is 25.8. The Balaban J connectivity index is 0.00000420. The summed E-state index contributed by atoms with van der Waals surface area (Å²) in [6.45, 7) is 15.9. The number of aliphatic imine (C=N–C) groups is 1. The van der Waals surface area contributed by atoms with Crippen molar-refractivity contribution in [2.75, 3.05) is 39.4 Å². The molecule has 1 atom stereocenters. The summed E-state index contributed by atoms with van der Waals surface area (Å²) in [4.78, 5) is 7.27. The van der Waals surface area contributed by atoms with Crippen LogP contribution in [0, 0.1) is 12.8 Å². The predicted molar refractivity (Wildman–Crippen MR) is 129 cm³/mol. The fourth-order valence-corrected chi connectivity index (χ4v) is 3.62. The van der Waals surface area contributed by atoms with Crippen LogP contribution in [-0.2, 0) is 18.3 Å². The van der Waals surface area contributed by atoms with Gasteiger partial charge in [0.05, 0.1) is 13.2 Å². The minimum atomic E-state index is 0. The number of nitrogens with zero attached hydrogens (tertiary/aromatic N) is 5. The predicted octanol–water partition coefficient (Wildman–Crippen LogP) is 2.10. The number of aryl methyl sites for hydroxylation is 1. The number of rotatable bonds is 10. The fourth-order valence-electron chi connectivity index (χ4n) is 3.62. The van der Waals surface area contributed by atoms with Gasteiger partial charge in [-0.2, -0.15) is 0 Å². The minimum absolute atomic E-state index is 0. The third-order valence-corrected chi connectivity index (χ3v) is 5.56. The number of hydrogen-bond donors (Lipinski definition) is 2. The number of halogens is 1. The second kappa shape index (κ2) is 13.9. The highest BCUT2D eigenvalue weighted by atomic mass is 127. The lowest BCUT2D eigenvalue weighted by molar-refractivity contribution is 0.00272. The average molecular weight is 519 g/mol. The van der Waals surface area contributed by atoms with Crippen molar-refractivity contribution in [1.29, 1.82) is 0 Å². The largest absolute Gasteiger partial charge is 0.379 e. The van der Waals surface area contributed by atoms with Crippen molar-refractivity contribution in [3.05, 3.63) is 24.3 Å². The highest BCUT2D eigenvalue weighted by molar-refractivity contribution is 14.0. The summed E-state index contributed by atoms with van der Waals surface area (Å²) in [6, 6.07) is 0.465. The van der Waals surface area contributed by atoms with Gasteiger partial charge in [0.2, 0.25) is 0 Å². The molecule has 0 saturated carbocycles. The van der Waals surface area contributed by atoms with Crippen molar-refractivity contribution in [1.82, 2.24) is 30.3 Å². The zero-order valence-electron chi connectivity index (χ0n) is 18.4. The Bertz CT molecular complexity index is 624. The Hall–Kier alpha value is -1.20. The van der Waals surface area contributed by atoms with E-state index in [0.717, 1.165) is 50.5 Å².